The highest BCUT2D eigenvalue weighted by atomic mass is 79.9. The van der Waals surface area contributed by atoms with Crippen LogP contribution in [0.3, 0.4) is 0 Å². The van der Waals surface area contributed by atoms with Crippen LogP contribution in [0.4, 0.5) is 0 Å². The molecular formula is C12H18BrNO2. The number of halogens is 1. The first-order chi connectivity index (χ1) is 7.47. The Morgan fingerprint density at radius 2 is 1.94 bits per heavy atom. The normalized spacial score (nSPS) is 11.1. The van der Waals surface area contributed by atoms with Crippen molar-refractivity contribution in [3.05, 3.63) is 34.3 Å². The number of hydrogen-bond donors (Lipinski definition) is 1. The van der Waals surface area contributed by atoms with Crippen LogP contribution in [0, 0.1) is 6.92 Å². The molecule has 1 rings (SSSR count). The molecule has 1 aromatic rings. The van der Waals surface area contributed by atoms with Crippen molar-refractivity contribution in [3.8, 4) is 0 Å². The van der Waals surface area contributed by atoms with Gasteiger partial charge in [-0.05, 0) is 32.9 Å². The van der Waals surface area contributed by atoms with Crippen LogP contribution in [0.25, 0.3) is 0 Å². The molecule has 16 heavy (non-hydrogen) atoms. The summed E-state index contributed by atoms with van der Waals surface area (Å²) in [6.45, 7) is 5.82. The summed E-state index contributed by atoms with van der Waals surface area (Å²) < 4.78 is 5.68. The maximum atomic E-state index is 10.4. The Morgan fingerprint density at radius 1 is 1.44 bits per heavy atom. The van der Waals surface area contributed by atoms with Crippen LogP contribution >= 0.6 is 15.9 Å². The number of aryl methyl sites for hydroxylation is 1. The molecule has 0 spiro atoms. The zero-order valence-corrected chi connectivity index (χ0v) is 11.5. The Kier molecular flexibility index (Phi) is 7.85. The molecular weight excluding hydrogens is 270 g/mol. The summed E-state index contributed by atoms with van der Waals surface area (Å²) in [7, 11) is 0. The van der Waals surface area contributed by atoms with Crippen molar-refractivity contribution in [3.63, 3.8) is 0 Å². The fraction of sp³-hybridized carbons (Fsp3) is 0.417. The lowest BCUT2D eigenvalue weighted by Gasteiger charge is -2.02. The molecule has 90 valence electrons. The van der Waals surface area contributed by atoms with Gasteiger partial charge in [-0.2, -0.15) is 0 Å². The molecule has 0 radical (unpaired) electrons. The molecule has 0 bridgehead atoms. The second kappa shape index (κ2) is 8.30. The maximum Gasteiger partial charge on any atom is 0.322 e. The molecule has 1 aromatic carbocycles. The lowest BCUT2D eigenvalue weighted by Crippen LogP contribution is -2.28. The van der Waals surface area contributed by atoms with E-state index in [0.717, 1.165) is 4.47 Å². The van der Waals surface area contributed by atoms with E-state index >= 15 is 0 Å². The number of ether oxygens (including phenoxy) is 1. The van der Waals surface area contributed by atoms with Gasteiger partial charge in [-0.1, -0.05) is 33.6 Å². The Hall–Kier alpha value is -0.870. The SMILES string of the molecule is CCOC(=O)[C@H](C)N.Cc1ccc(Br)cc1. The summed E-state index contributed by atoms with van der Waals surface area (Å²) in [5.41, 5.74) is 6.45. The van der Waals surface area contributed by atoms with Gasteiger partial charge in [0.25, 0.3) is 0 Å². The third kappa shape index (κ3) is 7.43. The topological polar surface area (TPSA) is 52.3 Å². The van der Waals surface area contributed by atoms with Gasteiger partial charge in [-0.3, -0.25) is 4.79 Å². The summed E-state index contributed by atoms with van der Waals surface area (Å²) in [5, 5.41) is 0. The van der Waals surface area contributed by atoms with E-state index < -0.39 is 6.04 Å². The highest BCUT2D eigenvalue weighted by Gasteiger charge is 2.05. The van der Waals surface area contributed by atoms with E-state index in [0.29, 0.717) is 6.61 Å². The molecule has 0 heterocycles. The Morgan fingerprint density at radius 3 is 2.19 bits per heavy atom. The van der Waals surface area contributed by atoms with Gasteiger partial charge >= 0.3 is 5.97 Å². The van der Waals surface area contributed by atoms with Crippen LogP contribution in [-0.2, 0) is 9.53 Å². The van der Waals surface area contributed by atoms with Crippen LogP contribution in [-0.4, -0.2) is 18.6 Å². The molecule has 0 aliphatic heterocycles. The molecule has 0 aromatic heterocycles. The van der Waals surface area contributed by atoms with Gasteiger partial charge in [-0.25, -0.2) is 0 Å². The summed E-state index contributed by atoms with van der Waals surface area (Å²) in [6, 6.07) is 7.73. The van der Waals surface area contributed by atoms with Gasteiger partial charge < -0.3 is 10.5 Å². The standard InChI is InChI=1S/C7H7Br.C5H11NO2/c1-6-2-4-7(8)5-3-6;1-3-8-5(7)4(2)6/h2-5H,1H3;4H,3,6H2,1-2H3/t;4-/m.0/s1. The van der Waals surface area contributed by atoms with Crippen LogP contribution < -0.4 is 5.73 Å². The zero-order valence-electron chi connectivity index (χ0n) is 9.87. The molecule has 0 aliphatic carbocycles. The van der Waals surface area contributed by atoms with E-state index in [-0.39, 0.29) is 5.97 Å². The number of hydrogen-bond acceptors (Lipinski definition) is 3. The molecule has 0 amide bonds. The highest BCUT2D eigenvalue weighted by Crippen LogP contribution is 2.08. The second-order valence-corrected chi connectivity index (χ2v) is 4.25. The van der Waals surface area contributed by atoms with Gasteiger partial charge in [0.1, 0.15) is 6.04 Å². The summed E-state index contributed by atoms with van der Waals surface area (Å²) >= 11 is 3.35. The van der Waals surface area contributed by atoms with Crippen molar-refractivity contribution < 1.29 is 9.53 Å². The molecule has 0 aliphatic rings. The van der Waals surface area contributed by atoms with Crippen molar-refractivity contribution >= 4 is 21.9 Å². The van der Waals surface area contributed by atoms with Crippen molar-refractivity contribution in [1.82, 2.24) is 0 Å². The van der Waals surface area contributed by atoms with Gasteiger partial charge in [-0.15, -0.1) is 0 Å². The van der Waals surface area contributed by atoms with Crippen molar-refractivity contribution in [2.75, 3.05) is 6.61 Å². The van der Waals surface area contributed by atoms with E-state index in [1.807, 2.05) is 12.1 Å². The molecule has 0 saturated carbocycles. The van der Waals surface area contributed by atoms with Crippen molar-refractivity contribution in [2.24, 2.45) is 5.73 Å². The van der Waals surface area contributed by atoms with Crippen LogP contribution in [0.1, 0.15) is 19.4 Å². The molecule has 0 saturated heterocycles. The fourth-order valence-electron chi connectivity index (χ4n) is 0.807. The Bertz CT molecular complexity index is 288. The lowest BCUT2D eigenvalue weighted by molar-refractivity contribution is -0.144. The number of rotatable bonds is 2. The Labute approximate surface area is 105 Å². The van der Waals surface area contributed by atoms with E-state index in [4.69, 9.17) is 5.73 Å². The van der Waals surface area contributed by atoms with Gasteiger partial charge in [0, 0.05) is 4.47 Å². The highest BCUT2D eigenvalue weighted by molar-refractivity contribution is 9.10. The van der Waals surface area contributed by atoms with Crippen LogP contribution in [0.2, 0.25) is 0 Å². The van der Waals surface area contributed by atoms with Gasteiger partial charge in [0.05, 0.1) is 6.61 Å². The molecule has 0 unspecified atom stereocenters. The maximum absolute atomic E-state index is 10.4. The summed E-state index contributed by atoms with van der Waals surface area (Å²) in [6.07, 6.45) is 0. The first kappa shape index (κ1) is 15.1. The Balaban J connectivity index is 0.000000281. The third-order valence-corrected chi connectivity index (χ3v) is 2.20. The lowest BCUT2D eigenvalue weighted by atomic mass is 10.2. The van der Waals surface area contributed by atoms with Crippen LogP contribution in [0.15, 0.2) is 28.7 Å². The monoisotopic (exact) mass is 287 g/mol. The van der Waals surface area contributed by atoms with Gasteiger partial charge in [0.15, 0.2) is 0 Å². The average molecular weight is 288 g/mol. The minimum absolute atomic E-state index is 0.340. The first-order valence-corrected chi connectivity index (χ1v) is 5.91. The number of carbonyl (C=O) groups excluding carboxylic acids is 1. The summed E-state index contributed by atoms with van der Waals surface area (Å²) in [5.74, 6) is -0.340. The van der Waals surface area contributed by atoms with E-state index in [1.54, 1.807) is 13.8 Å². The minimum Gasteiger partial charge on any atom is -0.465 e. The quantitative estimate of drug-likeness (QED) is 0.851. The smallest absolute Gasteiger partial charge is 0.322 e. The van der Waals surface area contributed by atoms with Crippen LogP contribution in [0.5, 0.6) is 0 Å². The largest absolute Gasteiger partial charge is 0.465 e. The molecule has 3 nitrogen and oxygen atoms in total. The molecule has 4 heteroatoms. The van der Waals surface area contributed by atoms with Gasteiger partial charge in [0.2, 0.25) is 0 Å². The number of carbonyl (C=O) groups is 1. The third-order valence-electron chi connectivity index (χ3n) is 1.67. The number of esters is 1. The molecule has 0 fully saturated rings. The fourth-order valence-corrected chi connectivity index (χ4v) is 1.07. The predicted molar refractivity (Wildman–Crippen MR) is 69.2 cm³/mol. The average Bonchev–Trinajstić information content (AvgIpc) is 2.24. The van der Waals surface area contributed by atoms with Crippen molar-refractivity contribution in [2.45, 2.75) is 26.8 Å². The number of nitrogens with two attached hydrogens (primary N) is 1. The predicted octanol–water partition coefficient (Wildman–Crippen LogP) is 2.65. The van der Waals surface area contributed by atoms with E-state index in [1.165, 1.54) is 5.56 Å². The zero-order chi connectivity index (χ0) is 12.6. The van der Waals surface area contributed by atoms with E-state index in [2.05, 4.69) is 39.7 Å². The van der Waals surface area contributed by atoms with Crippen molar-refractivity contribution in [1.29, 1.82) is 0 Å². The number of benzene rings is 1. The first-order valence-electron chi connectivity index (χ1n) is 5.11. The second-order valence-electron chi connectivity index (χ2n) is 3.34. The minimum atomic E-state index is -0.491. The molecule has 1 atom stereocenters. The summed E-state index contributed by atoms with van der Waals surface area (Å²) in [4.78, 5) is 10.4. The molecule has 2 N–H and O–H groups in total. The van der Waals surface area contributed by atoms with E-state index in [9.17, 15) is 4.79 Å².